The molecule has 4 rings (SSSR count). The van der Waals surface area contributed by atoms with Gasteiger partial charge in [0.25, 0.3) is 5.56 Å². The Kier molecular flexibility index (Phi) is 6.44. The summed E-state index contributed by atoms with van der Waals surface area (Å²) >= 11 is 0. The van der Waals surface area contributed by atoms with Crippen LogP contribution in [0.3, 0.4) is 0 Å². The Bertz CT molecular complexity index is 1020. The highest BCUT2D eigenvalue weighted by Gasteiger charge is 2.25. The Morgan fingerprint density at radius 1 is 1.16 bits per heavy atom. The fraction of sp³-hybridized carbons (Fsp3) is 0.478. The van der Waals surface area contributed by atoms with Gasteiger partial charge < -0.3 is 15.2 Å². The fourth-order valence-corrected chi connectivity index (χ4v) is 4.36. The van der Waals surface area contributed by atoms with Crippen LogP contribution in [-0.2, 0) is 22.4 Å². The van der Waals surface area contributed by atoms with Crippen molar-refractivity contribution in [2.24, 2.45) is 5.92 Å². The maximum absolute atomic E-state index is 13.2. The number of hydrogen-bond acceptors (Lipinski definition) is 4. The first-order valence-electron chi connectivity index (χ1n) is 10.9. The SMILES string of the molecule is O=C(NCCCN1CCCC1=O)C1CCc2nc(-c3ccc(F)cc3)[nH]c(=O)c2CC1. The first kappa shape index (κ1) is 21.2. The van der Waals surface area contributed by atoms with E-state index in [1.807, 2.05) is 4.90 Å². The van der Waals surface area contributed by atoms with Crippen LogP contribution in [0, 0.1) is 11.7 Å². The van der Waals surface area contributed by atoms with Crippen LogP contribution < -0.4 is 10.9 Å². The molecule has 2 aliphatic rings. The summed E-state index contributed by atoms with van der Waals surface area (Å²) in [6, 6.07) is 5.84. The van der Waals surface area contributed by atoms with Crippen LogP contribution in [-0.4, -0.2) is 46.3 Å². The molecule has 31 heavy (non-hydrogen) atoms. The van der Waals surface area contributed by atoms with Crippen molar-refractivity contribution in [1.29, 1.82) is 0 Å². The van der Waals surface area contributed by atoms with Crippen LogP contribution in [0.2, 0.25) is 0 Å². The number of aryl methyl sites for hydroxylation is 1. The minimum Gasteiger partial charge on any atom is -0.356 e. The van der Waals surface area contributed by atoms with E-state index in [0.717, 1.165) is 19.4 Å². The summed E-state index contributed by atoms with van der Waals surface area (Å²) in [6.45, 7) is 2.04. The molecule has 1 aliphatic heterocycles. The standard InChI is InChI=1S/C23H27FN4O3/c24-17-8-4-15(5-9-17)21-26-19-11-7-16(6-10-18(19)23(31)27-21)22(30)25-12-2-14-28-13-1-3-20(28)29/h4-5,8-9,16H,1-3,6-7,10-14H2,(H,25,30)(H,26,27,31). The molecule has 2 amide bonds. The van der Waals surface area contributed by atoms with Gasteiger partial charge in [-0.05, 0) is 62.8 Å². The molecule has 0 radical (unpaired) electrons. The van der Waals surface area contributed by atoms with Gasteiger partial charge in [-0.25, -0.2) is 9.37 Å². The van der Waals surface area contributed by atoms with Gasteiger partial charge in [0.2, 0.25) is 11.8 Å². The third-order valence-corrected chi connectivity index (χ3v) is 6.14. The topological polar surface area (TPSA) is 95.2 Å². The number of carbonyl (C=O) groups excluding carboxylic acids is 2. The number of halogens is 1. The van der Waals surface area contributed by atoms with E-state index in [1.54, 1.807) is 12.1 Å². The van der Waals surface area contributed by atoms with Gasteiger partial charge in [0.1, 0.15) is 11.6 Å². The molecule has 2 heterocycles. The minimum atomic E-state index is -0.346. The molecule has 8 heteroatoms. The Morgan fingerprint density at radius 2 is 1.94 bits per heavy atom. The molecule has 2 aromatic rings. The second-order valence-electron chi connectivity index (χ2n) is 8.25. The van der Waals surface area contributed by atoms with E-state index in [-0.39, 0.29) is 29.1 Å². The lowest BCUT2D eigenvalue weighted by Gasteiger charge is -2.17. The maximum atomic E-state index is 13.2. The van der Waals surface area contributed by atoms with E-state index >= 15 is 0 Å². The summed E-state index contributed by atoms with van der Waals surface area (Å²) in [5, 5.41) is 2.98. The molecule has 1 aromatic heterocycles. The normalized spacial score (nSPS) is 18.5. The number of amides is 2. The Hall–Kier alpha value is -3.03. The van der Waals surface area contributed by atoms with Crippen molar-refractivity contribution in [3.8, 4) is 11.4 Å². The Labute approximate surface area is 180 Å². The molecule has 0 bridgehead atoms. The van der Waals surface area contributed by atoms with Crippen LogP contribution in [0.4, 0.5) is 4.39 Å². The number of nitrogens with one attached hydrogen (secondary N) is 2. The average molecular weight is 426 g/mol. The number of benzene rings is 1. The lowest BCUT2D eigenvalue weighted by molar-refractivity contribution is -0.127. The zero-order valence-electron chi connectivity index (χ0n) is 17.5. The average Bonchev–Trinajstić information content (AvgIpc) is 3.04. The molecule has 1 aromatic carbocycles. The van der Waals surface area contributed by atoms with Crippen molar-refractivity contribution in [3.63, 3.8) is 0 Å². The predicted molar refractivity (Wildman–Crippen MR) is 114 cm³/mol. The second-order valence-corrected chi connectivity index (χ2v) is 8.25. The van der Waals surface area contributed by atoms with Crippen molar-refractivity contribution in [2.75, 3.05) is 19.6 Å². The molecule has 1 atom stereocenters. The van der Waals surface area contributed by atoms with Gasteiger partial charge >= 0.3 is 0 Å². The van der Waals surface area contributed by atoms with Crippen LogP contribution in [0.25, 0.3) is 11.4 Å². The lowest BCUT2D eigenvalue weighted by Crippen LogP contribution is -2.34. The molecule has 7 nitrogen and oxygen atoms in total. The third kappa shape index (κ3) is 5.00. The molecule has 164 valence electrons. The van der Waals surface area contributed by atoms with Crippen LogP contribution >= 0.6 is 0 Å². The van der Waals surface area contributed by atoms with Gasteiger partial charge in [0, 0.05) is 43.1 Å². The highest BCUT2D eigenvalue weighted by molar-refractivity contribution is 5.79. The van der Waals surface area contributed by atoms with Crippen molar-refractivity contribution < 1.29 is 14.0 Å². The number of nitrogens with zero attached hydrogens (tertiary/aromatic N) is 2. The first-order valence-corrected chi connectivity index (χ1v) is 10.9. The van der Waals surface area contributed by atoms with E-state index < -0.39 is 0 Å². The van der Waals surface area contributed by atoms with Crippen molar-refractivity contribution in [3.05, 3.63) is 51.7 Å². The molecule has 1 unspecified atom stereocenters. The van der Waals surface area contributed by atoms with E-state index in [0.29, 0.717) is 67.8 Å². The molecular formula is C23H27FN4O3. The number of carbonyl (C=O) groups is 2. The van der Waals surface area contributed by atoms with Crippen molar-refractivity contribution in [2.45, 2.75) is 44.9 Å². The number of H-pyrrole nitrogens is 1. The minimum absolute atomic E-state index is 0.00394. The van der Waals surface area contributed by atoms with E-state index in [9.17, 15) is 18.8 Å². The molecule has 0 spiro atoms. The molecule has 1 aliphatic carbocycles. The predicted octanol–water partition coefficient (Wildman–Crippen LogP) is 2.20. The van der Waals surface area contributed by atoms with Gasteiger partial charge in [-0.1, -0.05) is 0 Å². The number of likely N-dealkylation sites (tertiary alicyclic amines) is 1. The number of hydrogen-bond donors (Lipinski definition) is 2. The van der Waals surface area contributed by atoms with Gasteiger partial charge in [-0.3, -0.25) is 14.4 Å². The summed E-state index contributed by atoms with van der Waals surface area (Å²) < 4.78 is 13.2. The third-order valence-electron chi connectivity index (χ3n) is 6.14. The molecule has 0 saturated carbocycles. The highest BCUT2D eigenvalue weighted by Crippen LogP contribution is 2.24. The maximum Gasteiger partial charge on any atom is 0.254 e. The summed E-state index contributed by atoms with van der Waals surface area (Å²) in [7, 11) is 0. The van der Waals surface area contributed by atoms with Gasteiger partial charge in [-0.2, -0.15) is 0 Å². The zero-order chi connectivity index (χ0) is 21.8. The summed E-state index contributed by atoms with van der Waals surface area (Å²) in [5.74, 6) is 0.0995. The second kappa shape index (κ2) is 9.41. The van der Waals surface area contributed by atoms with E-state index in [2.05, 4.69) is 15.3 Å². The highest BCUT2D eigenvalue weighted by atomic mass is 19.1. The quantitative estimate of drug-likeness (QED) is 0.547. The van der Waals surface area contributed by atoms with Crippen LogP contribution in [0.5, 0.6) is 0 Å². The van der Waals surface area contributed by atoms with Gasteiger partial charge in [0.15, 0.2) is 0 Å². The monoisotopic (exact) mass is 426 g/mol. The number of rotatable bonds is 6. The Morgan fingerprint density at radius 3 is 2.68 bits per heavy atom. The molecule has 1 saturated heterocycles. The zero-order valence-corrected chi connectivity index (χ0v) is 17.5. The van der Waals surface area contributed by atoms with Crippen molar-refractivity contribution >= 4 is 11.8 Å². The summed E-state index contributed by atoms with van der Waals surface area (Å²) in [4.78, 5) is 46.1. The van der Waals surface area contributed by atoms with Crippen LogP contribution in [0.1, 0.15) is 43.4 Å². The molecule has 2 N–H and O–H groups in total. The largest absolute Gasteiger partial charge is 0.356 e. The number of fused-ring (bicyclic) bond motifs is 1. The summed E-state index contributed by atoms with van der Waals surface area (Å²) in [6.07, 6.45) is 4.57. The molecular weight excluding hydrogens is 399 g/mol. The Balaban J connectivity index is 1.34. The van der Waals surface area contributed by atoms with Gasteiger partial charge in [0.05, 0.1) is 5.69 Å². The molecule has 1 fully saturated rings. The number of aromatic amines is 1. The fourth-order valence-electron chi connectivity index (χ4n) is 4.36. The van der Waals surface area contributed by atoms with Crippen molar-refractivity contribution in [1.82, 2.24) is 20.2 Å². The van der Waals surface area contributed by atoms with E-state index in [1.165, 1.54) is 12.1 Å². The lowest BCUT2D eigenvalue weighted by atomic mass is 9.99. The van der Waals surface area contributed by atoms with Crippen LogP contribution in [0.15, 0.2) is 29.1 Å². The number of aromatic nitrogens is 2. The smallest absolute Gasteiger partial charge is 0.254 e. The van der Waals surface area contributed by atoms with E-state index in [4.69, 9.17) is 0 Å². The van der Waals surface area contributed by atoms with Gasteiger partial charge in [-0.15, -0.1) is 0 Å². The first-order chi connectivity index (χ1) is 15.0. The summed E-state index contributed by atoms with van der Waals surface area (Å²) in [5.41, 5.74) is 1.80.